The number of carboxylic acids is 1. The van der Waals surface area contributed by atoms with Gasteiger partial charge in [0.1, 0.15) is 5.75 Å². The van der Waals surface area contributed by atoms with Gasteiger partial charge in [-0.3, -0.25) is 4.79 Å². The lowest BCUT2D eigenvalue weighted by molar-refractivity contribution is -0.152. The second-order valence-corrected chi connectivity index (χ2v) is 7.09. The van der Waals surface area contributed by atoms with E-state index in [2.05, 4.69) is 0 Å². The highest BCUT2D eigenvalue weighted by Gasteiger charge is 2.30. The maximum absolute atomic E-state index is 12.3. The van der Waals surface area contributed by atoms with Crippen molar-refractivity contribution < 1.29 is 29.5 Å². The molecule has 7 heteroatoms. The minimum Gasteiger partial charge on any atom is -0.478 e. The van der Waals surface area contributed by atoms with Crippen molar-refractivity contribution in [3.8, 4) is 5.75 Å². The number of aryl methyl sites for hydroxylation is 2. The Hall–Kier alpha value is -2.90. The number of benzene rings is 2. The van der Waals surface area contributed by atoms with Crippen LogP contribution in [0.5, 0.6) is 5.75 Å². The van der Waals surface area contributed by atoms with Crippen molar-refractivity contribution in [1.82, 2.24) is 0 Å². The third-order valence-corrected chi connectivity index (χ3v) is 4.28. The summed E-state index contributed by atoms with van der Waals surface area (Å²) in [6.07, 6.45) is 3.10. The largest absolute Gasteiger partial charge is 0.488 e. The Morgan fingerprint density at radius 2 is 1.50 bits per heavy atom. The molecule has 0 aliphatic rings. The Morgan fingerprint density at radius 3 is 1.93 bits per heavy atom. The fourth-order valence-electron chi connectivity index (χ4n) is 2.63. The zero-order valence-electron chi connectivity index (χ0n) is 18.3. The monoisotopic (exact) mass is 412 g/mol. The molecule has 30 heavy (non-hydrogen) atoms. The molecule has 2 rings (SSSR count). The van der Waals surface area contributed by atoms with E-state index in [-0.39, 0.29) is 5.78 Å². The lowest BCUT2D eigenvalue weighted by Crippen LogP contribution is -2.38. The van der Waals surface area contributed by atoms with Crippen LogP contribution in [0.15, 0.2) is 42.5 Å². The smallest absolute Gasteiger partial charge is 0.478 e. The van der Waals surface area contributed by atoms with E-state index in [0.717, 1.165) is 16.7 Å². The van der Waals surface area contributed by atoms with Crippen LogP contribution in [-0.2, 0) is 4.79 Å². The number of carbonyl (C=O) groups excluding carboxylic acids is 1. The SMILES string of the molecule is CC.Cc1cc(/C=C/C(=O)c2ccc(B(O)O)cc2)cc(C)c1OC(C)(C)C(=O)O. The average Bonchev–Trinajstić information content (AvgIpc) is 2.70. The molecule has 0 saturated carbocycles. The lowest BCUT2D eigenvalue weighted by atomic mass is 9.80. The number of carbonyl (C=O) groups is 2. The van der Waals surface area contributed by atoms with Crippen molar-refractivity contribution in [2.24, 2.45) is 0 Å². The van der Waals surface area contributed by atoms with Gasteiger partial charge >= 0.3 is 13.1 Å². The number of carboxylic acid groups (broad SMARTS) is 1. The molecule has 0 amide bonds. The van der Waals surface area contributed by atoms with Crippen LogP contribution in [0.2, 0.25) is 0 Å². The second kappa shape index (κ2) is 10.8. The van der Waals surface area contributed by atoms with Crippen molar-refractivity contribution in [3.63, 3.8) is 0 Å². The Labute approximate surface area is 178 Å². The first-order valence-corrected chi connectivity index (χ1v) is 9.73. The minimum absolute atomic E-state index is 0.221. The summed E-state index contributed by atoms with van der Waals surface area (Å²) in [7, 11) is -1.57. The number of hydrogen-bond acceptors (Lipinski definition) is 5. The highest BCUT2D eigenvalue weighted by atomic mass is 16.5. The number of allylic oxidation sites excluding steroid dienone is 1. The highest BCUT2D eigenvalue weighted by Crippen LogP contribution is 2.29. The van der Waals surface area contributed by atoms with Crippen molar-refractivity contribution in [2.75, 3.05) is 0 Å². The van der Waals surface area contributed by atoms with Crippen LogP contribution in [0.25, 0.3) is 6.08 Å². The fraction of sp³-hybridized carbons (Fsp3) is 0.304. The lowest BCUT2D eigenvalue weighted by Gasteiger charge is -2.24. The first-order valence-electron chi connectivity index (χ1n) is 9.73. The summed E-state index contributed by atoms with van der Waals surface area (Å²) in [4.78, 5) is 23.6. The number of ketones is 1. The predicted octanol–water partition coefficient (Wildman–Crippen LogP) is 3.15. The van der Waals surface area contributed by atoms with E-state index in [1.165, 1.54) is 44.2 Å². The summed E-state index contributed by atoms with van der Waals surface area (Å²) < 4.78 is 5.67. The molecule has 0 unspecified atom stereocenters. The quantitative estimate of drug-likeness (QED) is 0.367. The van der Waals surface area contributed by atoms with Crippen LogP contribution in [0, 0.1) is 13.8 Å². The third kappa shape index (κ3) is 6.57. The molecule has 6 nitrogen and oxygen atoms in total. The molecular weight excluding hydrogens is 383 g/mol. The van der Waals surface area contributed by atoms with Crippen molar-refractivity contribution in [2.45, 2.75) is 47.1 Å². The molecule has 0 heterocycles. The zero-order chi connectivity index (χ0) is 23.1. The van der Waals surface area contributed by atoms with Gasteiger partial charge in [-0.15, -0.1) is 0 Å². The van der Waals surface area contributed by atoms with E-state index >= 15 is 0 Å². The van der Waals surface area contributed by atoms with E-state index in [9.17, 15) is 14.7 Å². The van der Waals surface area contributed by atoms with Gasteiger partial charge in [-0.25, -0.2) is 4.79 Å². The van der Waals surface area contributed by atoms with E-state index in [4.69, 9.17) is 14.8 Å². The Bertz CT molecular complexity index is 891. The van der Waals surface area contributed by atoms with Crippen LogP contribution in [-0.4, -0.2) is 39.6 Å². The molecule has 2 aromatic carbocycles. The molecule has 0 fully saturated rings. The third-order valence-electron chi connectivity index (χ3n) is 4.28. The van der Waals surface area contributed by atoms with Crippen LogP contribution < -0.4 is 10.2 Å². The van der Waals surface area contributed by atoms with Gasteiger partial charge in [-0.05, 0) is 68.1 Å². The van der Waals surface area contributed by atoms with Gasteiger partial charge < -0.3 is 19.9 Å². The first-order chi connectivity index (χ1) is 14.0. The fourth-order valence-corrected chi connectivity index (χ4v) is 2.63. The van der Waals surface area contributed by atoms with Crippen LogP contribution >= 0.6 is 0 Å². The van der Waals surface area contributed by atoms with Gasteiger partial charge in [0.15, 0.2) is 11.4 Å². The molecule has 0 spiro atoms. The molecular formula is C23H29BO6. The van der Waals surface area contributed by atoms with Crippen LogP contribution in [0.1, 0.15) is 54.7 Å². The highest BCUT2D eigenvalue weighted by molar-refractivity contribution is 6.58. The molecule has 0 atom stereocenters. The summed E-state index contributed by atoms with van der Waals surface area (Å²) in [5, 5.41) is 27.4. The average molecular weight is 412 g/mol. The molecule has 160 valence electrons. The van der Waals surface area contributed by atoms with Gasteiger partial charge in [0.2, 0.25) is 0 Å². The van der Waals surface area contributed by atoms with Gasteiger partial charge in [0, 0.05) is 5.56 Å². The molecule has 0 saturated heterocycles. The molecule has 0 radical (unpaired) electrons. The van der Waals surface area contributed by atoms with Crippen LogP contribution in [0.4, 0.5) is 0 Å². The molecule has 2 aromatic rings. The molecule has 0 aliphatic carbocycles. The van der Waals surface area contributed by atoms with Gasteiger partial charge in [-0.1, -0.05) is 44.2 Å². The topological polar surface area (TPSA) is 104 Å². The Kier molecular flexibility index (Phi) is 9.02. The number of ether oxygens (including phenoxy) is 1. The minimum atomic E-state index is -1.57. The normalized spacial score (nSPS) is 10.9. The molecule has 0 aromatic heterocycles. The Morgan fingerprint density at radius 1 is 1.00 bits per heavy atom. The predicted molar refractivity (Wildman–Crippen MR) is 119 cm³/mol. The summed E-state index contributed by atoms with van der Waals surface area (Å²) in [6.45, 7) is 10.6. The summed E-state index contributed by atoms with van der Waals surface area (Å²) in [6, 6.07) is 9.66. The van der Waals surface area contributed by atoms with Gasteiger partial charge in [-0.2, -0.15) is 0 Å². The van der Waals surface area contributed by atoms with Gasteiger partial charge in [0.25, 0.3) is 0 Å². The molecule has 3 N–H and O–H groups in total. The first kappa shape index (κ1) is 25.1. The Balaban J connectivity index is 0.00000218. The van der Waals surface area contributed by atoms with Crippen molar-refractivity contribution in [3.05, 3.63) is 64.7 Å². The number of hydrogen-bond donors (Lipinski definition) is 3. The second-order valence-electron chi connectivity index (χ2n) is 7.09. The number of aliphatic carboxylic acids is 1. The maximum Gasteiger partial charge on any atom is 0.488 e. The standard InChI is InChI=1S/C21H23BO6.C2H6/c1-13-11-15(12-14(2)19(13)28-21(3,4)20(24)25)5-10-18(23)16-6-8-17(9-7-16)22(26)27;1-2/h5-12,26-27H,1-4H3,(H,24,25);1-2H3/b10-5+;. The molecule has 0 bridgehead atoms. The van der Waals surface area contributed by atoms with E-state index in [1.807, 2.05) is 39.8 Å². The number of rotatable bonds is 7. The van der Waals surface area contributed by atoms with Crippen LogP contribution in [0.3, 0.4) is 0 Å². The van der Waals surface area contributed by atoms with E-state index in [1.54, 1.807) is 6.08 Å². The summed E-state index contributed by atoms with van der Waals surface area (Å²) in [5.41, 5.74) is 1.71. The van der Waals surface area contributed by atoms with Gasteiger partial charge in [0.05, 0.1) is 0 Å². The zero-order valence-corrected chi connectivity index (χ0v) is 18.3. The molecule has 0 aliphatic heterocycles. The summed E-state index contributed by atoms with van der Waals surface area (Å²) >= 11 is 0. The van der Waals surface area contributed by atoms with E-state index in [0.29, 0.717) is 16.8 Å². The van der Waals surface area contributed by atoms with E-state index < -0.39 is 18.7 Å². The summed E-state index contributed by atoms with van der Waals surface area (Å²) in [5.74, 6) is -0.767. The van der Waals surface area contributed by atoms with Crippen molar-refractivity contribution >= 4 is 30.4 Å². The maximum atomic E-state index is 12.3. The van der Waals surface area contributed by atoms with Crippen molar-refractivity contribution in [1.29, 1.82) is 0 Å².